The van der Waals surface area contributed by atoms with Crippen molar-refractivity contribution in [1.29, 1.82) is 5.26 Å². The first kappa shape index (κ1) is 23.9. The summed E-state index contributed by atoms with van der Waals surface area (Å²) < 4.78 is 62.4. The number of halogens is 2. The van der Waals surface area contributed by atoms with Crippen LogP contribution in [-0.4, -0.2) is 70.5 Å². The Morgan fingerprint density at radius 2 is 2.20 bits per heavy atom. The van der Waals surface area contributed by atoms with Gasteiger partial charge in [0.05, 0.1) is 37.3 Å². The molecule has 0 aromatic carbocycles. The van der Waals surface area contributed by atoms with Gasteiger partial charge in [-0.2, -0.15) is 9.98 Å². The fraction of sp³-hybridized carbons (Fsp3) is 0.500. The molecule has 0 amide bonds. The van der Waals surface area contributed by atoms with Crippen LogP contribution in [0.15, 0.2) is 23.4 Å². The second-order valence-electron chi connectivity index (χ2n) is 8.58. The highest BCUT2D eigenvalue weighted by molar-refractivity contribution is 7.89. The highest BCUT2D eigenvalue weighted by Gasteiger charge is 2.47. The molecule has 186 valence electrons. The minimum absolute atomic E-state index is 0.126. The molecule has 2 aliphatic rings. The van der Waals surface area contributed by atoms with Crippen molar-refractivity contribution in [2.75, 3.05) is 24.7 Å². The molecule has 15 heteroatoms. The van der Waals surface area contributed by atoms with Gasteiger partial charge in [0, 0.05) is 18.8 Å². The van der Waals surface area contributed by atoms with Crippen LogP contribution in [-0.2, 0) is 14.8 Å². The first-order valence-corrected chi connectivity index (χ1v) is 13.0. The average molecular weight is 526 g/mol. The minimum Gasteiger partial charge on any atom is -0.394 e. The van der Waals surface area contributed by atoms with Crippen molar-refractivity contribution in [1.82, 2.24) is 24.3 Å². The van der Waals surface area contributed by atoms with Gasteiger partial charge >= 0.3 is 0 Å². The zero-order valence-corrected chi connectivity index (χ0v) is 20.1. The molecule has 0 spiro atoms. The number of imidazole rings is 1. The lowest BCUT2D eigenvalue weighted by atomic mass is 10.1. The third-order valence-electron chi connectivity index (χ3n) is 6.03. The molecule has 5 rings (SSSR count). The predicted octanol–water partition coefficient (Wildman–Crippen LogP) is 1.71. The Morgan fingerprint density at radius 3 is 2.83 bits per heavy atom. The van der Waals surface area contributed by atoms with E-state index in [1.165, 1.54) is 22.9 Å². The zero-order valence-electron chi connectivity index (χ0n) is 18.4. The Morgan fingerprint density at radius 1 is 1.43 bits per heavy atom. The van der Waals surface area contributed by atoms with Crippen molar-refractivity contribution in [3.8, 4) is 16.8 Å². The van der Waals surface area contributed by atoms with E-state index in [0.29, 0.717) is 47.8 Å². The molecule has 35 heavy (non-hydrogen) atoms. The first-order chi connectivity index (χ1) is 16.7. The summed E-state index contributed by atoms with van der Waals surface area (Å²) >= 11 is 0.689. The molecule has 3 aromatic rings. The lowest BCUT2D eigenvalue weighted by Crippen LogP contribution is -2.49. The summed E-state index contributed by atoms with van der Waals surface area (Å²) in [6, 6.07) is 3.30. The van der Waals surface area contributed by atoms with E-state index >= 15 is 0 Å². The molecular formula is C20H21F2N7O4S2. The molecule has 2 atom stereocenters. The molecule has 2 fully saturated rings. The molecule has 1 saturated heterocycles. The van der Waals surface area contributed by atoms with Gasteiger partial charge in [-0.15, -0.1) is 10.2 Å². The molecular weight excluding hydrogens is 504 g/mol. The van der Waals surface area contributed by atoms with E-state index in [0.717, 1.165) is 0 Å². The van der Waals surface area contributed by atoms with Gasteiger partial charge < -0.3 is 14.7 Å². The Kier molecular flexibility index (Phi) is 5.96. The number of ether oxygens (including phenoxy) is 1. The molecule has 1 aliphatic carbocycles. The van der Waals surface area contributed by atoms with Gasteiger partial charge in [0.2, 0.25) is 10.0 Å². The number of sulfonamides is 1. The van der Waals surface area contributed by atoms with Crippen molar-refractivity contribution in [2.24, 2.45) is 0 Å². The SMILES string of the molecule is C[C@H]1CO[C@H](CO)CN1c1cc(S(=O)(=O)NC2(C#N)CC2)cn2c(-c3nnc(C(F)F)s3)cnc12. The molecule has 2 N–H and O–H groups in total. The fourth-order valence-corrected chi connectivity index (χ4v) is 6.03. The van der Waals surface area contributed by atoms with Crippen LogP contribution in [0.25, 0.3) is 16.3 Å². The molecule has 0 unspecified atom stereocenters. The van der Waals surface area contributed by atoms with E-state index in [2.05, 4.69) is 19.9 Å². The summed E-state index contributed by atoms with van der Waals surface area (Å²) in [7, 11) is -4.12. The van der Waals surface area contributed by atoms with Crippen molar-refractivity contribution in [3.05, 3.63) is 23.5 Å². The van der Waals surface area contributed by atoms with Crippen LogP contribution in [0, 0.1) is 11.3 Å². The zero-order chi connectivity index (χ0) is 25.0. The maximum absolute atomic E-state index is 13.3. The van der Waals surface area contributed by atoms with Crippen molar-refractivity contribution < 1.29 is 27.0 Å². The van der Waals surface area contributed by atoms with Gasteiger partial charge in [-0.25, -0.2) is 22.2 Å². The summed E-state index contributed by atoms with van der Waals surface area (Å²) in [6.07, 6.45) is 0.299. The summed E-state index contributed by atoms with van der Waals surface area (Å²) in [5.74, 6) is 0. The van der Waals surface area contributed by atoms with Crippen LogP contribution in [0.2, 0.25) is 0 Å². The maximum atomic E-state index is 13.3. The van der Waals surface area contributed by atoms with Gasteiger partial charge in [-0.3, -0.25) is 4.40 Å². The Labute approximate surface area is 203 Å². The van der Waals surface area contributed by atoms with Gasteiger partial charge in [-0.1, -0.05) is 11.3 Å². The summed E-state index contributed by atoms with van der Waals surface area (Å²) in [6.45, 7) is 2.25. The number of nitriles is 1. The summed E-state index contributed by atoms with van der Waals surface area (Å²) in [5, 5.41) is 26.0. The lowest BCUT2D eigenvalue weighted by Gasteiger charge is -2.39. The second-order valence-corrected chi connectivity index (χ2v) is 11.3. The summed E-state index contributed by atoms with van der Waals surface area (Å²) in [5.41, 5.74) is -0.0112. The standard InChI is InChI=1S/C20H21F2N7O4S2/c1-11-9-33-12(8-30)6-28(11)14-4-13(35(31,32)27-20(10-23)2-3-20)7-29-15(5-24-17(14)29)18-25-26-19(34-18)16(21)22/h4-5,7,11-12,16,27,30H,2-3,6,8-9H2,1H3/t11-,12-/m0/s1. The Hall–Kier alpha value is -2.77. The predicted molar refractivity (Wildman–Crippen MR) is 121 cm³/mol. The van der Waals surface area contributed by atoms with Crippen LogP contribution in [0.1, 0.15) is 31.2 Å². The number of rotatable bonds is 7. The van der Waals surface area contributed by atoms with Gasteiger partial charge in [0.25, 0.3) is 6.43 Å². The van der Waals surface area contributed by atoms with Gasteiger partial charge in [0.1, 0.15) is 16.1 Å². The molecule has 11 nitrogen and oxygen atoms in total. The smallest absolute Gasteiger partial charge is 0.291 e. The largest absolute Gasteiger partial charge is 0.394 e. The quantitative estimate of drug-likeness (QED) is 0.471. The number of fused-ring (bicyclic) bond motifs is 1. The normalized spacial score (nSPS) is 22.0. The van der Waals surface area contributed by atoms with Crippen LogP contribution in [0.3, 0.4) is 0 Å². The Balaban J connectivity index is 1.67. The monoisotopic (exact) mass is 525 g/mol. The van der Waals surface area contributed by atoms with Crippen LogP contribution < -0.4 is 9.62 Å². The lowest BCUT2D eigenvalue weighted by molar-refractivity contribution is -0.0102. The van der Waals surface area contributed by atoms with E-state index in [-0.39, 0.29) is 29.1 Å². The van der Waals surface area contributed by atoms with Crippen molar-refractivity contribution in [2.45, 2.75) is 48.8 Å². The van der Waals surface area contributed by atoms with E-state index in [4.69, 9.17) is 4.74 Å². The highest BCUT2D eigenvalue weighted by atomic mass is 32.2. The molecule has 1 saturated carbocycles. The number of aliphatic hydroxyl groups is 1. The fourth-order valence-electron chi connectivity index (χ4n) is 3.93. The van der Waals surface area contributed by atoms with E-state index in [9.17, 15) is 27.6 Å². The van der Waals surface area contributed by atoms with Crippen molar-refractivity contribution in [3.63, 3.8) is 0 Å². The molecule has 3 aromatic heterocycles. The number of hydrogen-bond donors (Lipinski definition) is 2. The van der Waals surface area contributed by atoms with E-state index in [1.54, 1.807) is 0 Å². The number of anilines is 1. The topological polar surface area (TPSA) is 146 Å². The third-order valence-corrected chi connectivity index (χ3v) is 8.49. The van der Waals surface area contributed by atoms with Gasteiger partial charge in [-0.05, 0) is 25.8 Å². The van der Waals surface area contributed by atoms with E-state index in [1.807, 2.05) is 17.9 Å². The van der Waals surface area contributed by atoms with Crippen molar-refractivity contribution >= 4 is 32.7 Å². The average Bonchev–Trinajstić information content (AvgIpc) is 3.22. The van der Waals surface area contributed by atoms with Crippen LogP contribution in [0.5, 0.6) is 0 Å². The van der Waals surface area contributed by atoms with Gasteiger partial charge in [0.15, 0.2) is 15.7 Å². The van der Waals surface area contributed by atoms with Crippen LogP contribution in [0.4, 0.5) is 14.5 Å². The molecule has 4 heterocycles. The molecule has 0 radical (unpaired) electrons. The maximum Gasteiger partial charge on any atom is 0.291 e. The Bertz CT molecular complexity index is 1410. The summed E-state index contributed by atoms with van der Waals surface area (Å²) in [4.78, 5) is 6.20. The second kappa shape index (κ2) is 8.71. The molecule has 0 bridgehead atoms. The number of aliphatic hydroxyl groups excluding tert-OH is 1. The number of nitrogens with zero attached hydrogens (tertiary/aromatic N) is 6. The number of alkyl halides is 2. The minimum atomic E-state index is -4.12. The first-order valence-electron chi connectivity index (χ1n) is 10.7. The highest BCUT2D eigenvalue weighted by Crippen LogP contribution is 2.38. The van der Waals surface area contributed by atoms with Crippen LogP contribution >= 0.6 is 11.3 Å². The number of hydrogen-bond acceptors (Lipinski definition) is 10. The molecule has 1 aliphatic heterocycles. The number of morpholine rings is 1. The number of pyridine rings is 1. The number of aromatic nitrogens is 4. The third kappa shape index (κ3) is 4.36. The van der Waals surface area contributed by atoms with E-state index < -0.39 is 33.1 Å². The number of nitrogens with one attached hydrogen (secondary N) is 1.